The van der Waals surface area contributed by atoms with Crippen molar-refractivity contribution in [2.75, 3.05) is 12.4 Å². The van der Waals surface area contributed by atoms with Gasteiger partial charge in [-0.05, 0) is 54.9 Å². The number of hydrogen-bond donors (Lipinski definition) is 2. The molecule has 0 saturated heterocycles. The molecule has 0 aliphatic heterocycles. The largest absolute Gasteiger partial charge is 0.468 e. The van der Waals surface area contributed by atoms with Crippen LogP contribution in [0.25, 0.3) is 0 Å². The van der Waals surface area contributed by atoms with Crippen LogP contribution in [-0.2, 0) is 19.6 Å². The van der Waals surface area contributed by atoms with Crippen LogP contribution in [0.15, 0.2) is 76.3 Å². The zero-order chi connectivity index (χ0) is 19.1. The van der Waals surface area contributed by atoms with Crippen molar-refractivity contribution >= 4 is 35.6 Å². The lowest BCUT2D eigenvalue weighted by molar-refractivity contribution is 0.287. The molecule has 0 aliphatic rings. The molecule has 0 unspecified atom stereocenters. The molecule has 0 radical (unpaired) electrons. The number of halogens is 1. The van der Waals surface area contributed by atoms with Crippen molar-refractivity contribution in [3.8, 4) is 0 Å². The van der Waals surface area contributed by atoms with Crippen molar-refractivity contribution in [2.24, 2.45) is 10.7 Å². The molecular formula is C22H27IN4O. The topological polar surface area (TPSA) is 66.8 Å². The molecule has 28 heavy (non-hydrogen) atoms. The van der Waals surface area contributed by atoms with E-state index >= 15 is 0 Å². The van der Waals surface area contributed by atoms with Crippen LogP contribution >= 0.6 is 24.0 Å². The predicted molar refractivity (Wildman–Crippen MR) is 126 cm³/mol. The molecule has 0 fully saturated rings. The second kappa shape index (κ2) is 10.9. The lowest BCUT2D eigenvalue weighted by Gasteiger charge is -2.17. The Morgan fingerprint density at radius 3 is 2.54 bits per heavy atom. The number of anilines is 1. The van der Waals surface area contributed by atoms with E-state index in [1.807, 2.05) is 49.4 Å². The maximum absolute atomic E-state index is 6.06. The van der Waals surface area contributed by atoms with E-state index in [4.69, 9.17) is 10.2 Å². The zero-order valence-electron chi connectivity index (χ0n) is 16.3. The van der Waals surface area contributed by atoms with Gasteiger partial charge in [0.25, 0.3) is 0 Å². The average molecular weight is 490 g/mol. The van der Waals surface area contributed by atoms with Gasteiger partial charge in [-0.25, -0.2) is 4.99 Å². The van der Waals surface area contributed by atoms with Crippen LogP contribution in [0.2, 0.25) is 0 Å². The quantitative estimate of drug-likeness (QED) is 0.285. The van der Waals surface area contributed by atoms with Crippen molar-refractivity contribution in [1.29, 1.82) is 0 Å². The Kier molecular flexibility index (Phi) is 8.53. The maximum Gasteiger partial charge on any atom is 0.193 e. The number of benzene rings is 2. The van der Waals surface area contributed by atoms with Crippen molar-refractivity contribution in [3.05, 3.63) is 89.4 Å². The summed E-state index contributed by atoms with van der Waals surface area (Å²) in [6, 6.07) is 20.3. The molecule has 3 N–H and O–H groups in total. The van der Waals surface area contributed by atoms with E-state index in [2.05, 4.69) is 40.5 Å². The van der Waals surface area contributed by atoms with Gasteiger partial charge in [0.1, 0.15) is 5.76 Å². The van der Waals surface area contributed by atoms with Gasteiger partial charge in [0.2, 0.25) is 0 Å². The highest BCUT2D eigenvalue weighted by molar-refractivity contribution is 14.0. The van der Waals surface area contributed by atoms with Crippen molar-refractivity contribution in [3.63, 3.8) is 0 Å². The second-order valence-corrected chi connectivity index (χ2v) is 6.72. The molecule has 3 aromatic rings. The van der Waals surface area contributed by atoms with E-state index in [-0.39, 0.29) is 24.0 Å². The summed E-state index contributed by atoms with van der Waals surface area (Å²) in [5, 5.41) is 3.15. The van der Waals surface area contributed by atoms with Gasteiger partial charge in [0.15, 0.2) is 5.96 Å². The molecule has 1 aromatic heterocycles. The SMILES string of the molecule is Cc1cccc(NC(N)=NCc2ccccc2CN(C)Cc2ccco2)c1.I. The second-order valence-electron chi connectivity index (χ2n) is 6.72. The van der Waals surface area contributed by atoms with Gasteiger partial charge in [-0.3, -0.25) is 4.90 Å². The molecule has 2 aromatic carbocycles. The standard InChI is InChI=1S/C22H26N4O.HI/c1-17-7-5-10-20(13-17)25-22(23)24-14-18-8-3-4-9-19(18)15-26(2)16-21-11-6-12-27-21;/h3-13H,14-16H2,1-2H3,(H3,23,24,25);1H. The van der Waals surface area contributed by atoms with Crippen LogP contribution in [0.5, 0.6) is 0 Å². The average Bonchev–Trinajstić information content (AvgIpc) is 3.14. The fraction of sp³-hybridized carbons (Fsp3) is 0.227. The van der Waals surface area contributed by atoms with Gasteiger partial charge in [-0.2, -0.15) is 0 Å². The van der Waals surface area contributed by atoms with Gasteiger partial charge in [0, 0.05) is 12.2 Å². The highest BCUT2D eigenvalue weighted by Crippen LogP contribution is 2.15. The van der Waals surface area contributed by atoms with Crippen LogP contribution in [0.3, 0.4) is 0 Å². The van der Waals surface area contributed by atoms with Gasteiger partial charge < -0.3 is 15.5 Å². The summed E-state index contributed by atoms with van der Waals surface area (Å²) in [6.45, 7) is 4.17. The molecular weight excluding hydrogens is 463 g/mol. The summed E-state index contributed by atoms with van der Waals surface area (Å²) < 4.78 is 5.43. The first-order valence-electron chi connectivity index (χ1n) is 9.01. The summed E-state index contributed by atoms with van der Waals surface area (Å²) in [7, 11) is 2.08. The minimum Gasteiger partial charge on any atom is -0.468 e. The minimum atomic E-state index is 0. The van der Waals surface area contributed by atoms with E-state index in [0.29, 0.717) is 12.5 Å². The van der Waals surface area contributed by atoms with E-state index < -0.39 is 0 Å². The lowest BCUT2D eigenvalue weighted by atomic mass is 10.1. The van der Waals surface area contributed by atoms with Gasteiger partial charge in [-0.15, -0.1) is 24.0 Å². The normalized spacial score (nSPS) is 11.3. The van der Waals surface area contributed by atoms with Crippen LogP contribution in [0, 0.1) is 6.92 Å². The smallest absolute Gasteiger partial charge is 0.193 e. The lowest BCUT2D eigenvalue weighted by Crippen LogP contribution is -2.23. The predicted octanol–water partition coefficient (Wildman–Crippen LogP) is 4.76. The first kappa shape index (κ1) is 22.0. The third kappa shape index (κ3) is 6.69. The highest BCUT2D eigenvalue weighted by atomic mass is 127. The number of nitrogens with two attached hydrogens (primary N) is 1. The number of nitrogens with zero attached hydrogens (tertiary/aromatic N) is 2. The zero-order valence-corrected chi connectivity index (χ0v) is 18.6. The third-order valence-electron chi connectivity index (χ3n) is 4.27. The molecule has 3 rings (SSSR count). The highest BCUT2D eigenvalue weighted by Gasteiger charge is 2.07. The van der Waals surface area contributed by atoms with Crippen LogP contribution in [0.1, 0.15) is 22.5 Å². The first-order chi connectivity index (χ1) is 13.1. The summed E-state index contributed by atoms with van der Waals surface area (Å²) in [5.41, 5.74) is 10.6. The summed E-state index contributed by atoms with van der Waals surface area (Å²) in [6.07, 6.45) is 1.70. The Morgan fingerprint density at radius 2 is 1.82 bits per heavy atom. The summed E-state index contributed by atoms with van der Waals surface area (Å²) >= 11 is 0. The van der Waals surface area contributed by atoms with E-state index in [1.54, 1.807) is 6.26 Å². The fourth-order valence-electron chi connectivity index (χ4n) is 2.96. The number of hydrogen-bond acceptors (Lipinski definition) is 3. The molecule has 0 atom stereocenters. The molecule has 0 saturated carbocycles. The number of furan rings is 1. The number of nitrogens with one attached hydrogen (secondary N) is 1. The summed E-state index contributed by atoms with van der Waals surface area (Å²) in [4.78, 5) is 6.73. The monoisotopic (exact) mass is 490 g/mol. The van der Waals surface area contributed by atoms with Crippen LogP contribution in [0.4, 0.5) is 5.69 Å². The van der Waals surface area contributed by atoms with Crippen LogP contribution in [-0.4, -0.2) is 17.9 Å². The van der Waals surface area contributed by atoms with Crippen molar-refractivity contribution in [2.45, 2.75) is 26.6 Å². The van der Waals surface area contributed by atoms with Crippen molar-refractivity contribution in [1.82, 2.24) is 4.90 Å². The minimum absolute atomic E-state index is 0. The molecule has 0 aliphatic carbocycles. The van der Waals surface area contributed by atoms with Gasteiger partial charge >= 0.3 is 0 Å². The van der Waals surface area contributed by atoms with Crippen molar-refractivity contribution < 1.29 is 4.42 Å². The van der Waals surface area contributed by atoms with E-state index in [9.17, 15) is 0 Å². The van der Waals surface area contributed by atoms with Crippen LogP contribution < -0.4 is 11.1 Å². The van der Waals surface area contributed by atoms with E-state index in [0.717, 1.165) is 30.1 Å². The van der Waals surface area contributed by atoms with E-state index in [1.165, 1.54) is 11.1 Å². The number of guanidine groups is 1. The third-order valence-corrected chi connectivity index (χ3v) is 4.27. The molecule has 5 nitrogen and oxygen atoms in total. The first-order valence-corrected chi connectivity index (χ1v) is 9.01. The molecule has 6 heteroatoms. The number of aryl methyl sites for hydroxylation is 1. The molecule has 0 bridgehead atoms. The Hall–Kier alpha value is -2.32. The Labute approximate surface area is 183 Å². The molecule has 148 valence electrons. The number of rotatable bonds is 7. The number of aliphatic imine (C=N–C) groups is 1. The van der Waals surface area contributed by atoms with Gasteiger partial charge in [-0.1, -0.05) is 36.4 Å². The van der Waals surface area contributed by atoms with Gasteiger partial charge in [0.05, 0.1) is 19.4 Å². The maximum atomic E-state index is 6.06. The fourth-order valence-corrected chi connectivity index (χ4v) is 2.96. The summed E-state index contributed by atoms with van der Waals surface area (Å²) in [5.74, 6) is 1.37. The molecule has 0 amide bonds. The Morgan fingerprint density at radius 1 is 1.04 bits per heavy atom. The molecule has 1 heterocycles. The molecule has 0 spiro atoms. The Balaban J connectivity index is 0.00000280. The Bertz CT molecular complexity index is 893.